The monoisotopic (exact) mass is 227 g/mol. The van der Waals surface area contributed by atoms with Crippen LogP contribution in [-0.2, 0) is 4.79 Å². The van der Waals surface area contributed by atoms with Crippen LogP contribution in [0.1, 0.15) is 11.8 Å². The number of rotatable bonds is 2. The maximum absolute atomic E-state index is 13.2. The van der Waals surface area contributed by atoms with Crippen molar-refractivity contribution >= 4 is 16.9 Å². The fourth-order valence-corrected chi connectivity index (χ4v) is 1.36. The Bertz CT molecular complexity index is 564. The zero-order valence-electron chi connectivity index (χ0n) is 7.91. The number of aliphatic carboxylic acids is 1. The highest BCUT2D eigenvalue weighted by Crippen LogP contribution is 2.26. The van der Waals surface area contributed by atoms with Crippen molar-refractivity contribution in [2.45, 2.75) is 6.04 Å². The summed E-state index contributed by atoms with van der Waals surface area (Å²) >= 11 is 0. The first-order valence-corrected chi connectivity index (χ1v) is 4.36. The Hall–Kier alpha value is -1.95. The molecule has 6 heteroatoms. The summed E-state index contributed by atoms with van der Waals surface area (Å²) in [5.41, 5.74) is 5.21. The van der Waals surface area contributed by atoms with E-state index in [1.165, 1.54) is 0 Å². The molecule has 0 saturated heterocycles. The van der Waals surface area contributed by atoms with Gasteiger partial charge in [-0.3, -0.25) is 4.79 Å². The molecule has 0 aliphatic heterocycles. The number of fused-ring (bicyclic) bond motifs is 1. The third kappa shape index (κ3) is 1.63. The van der Waals surface area contributed by atoms with Crippen LogP contribution >= 0.6 is 0 Å². The van der Waals surface area contributed by atoms with Gasteiger partial charge in [-0.05, 0) is 6.07 Å². The third-order valence-electron chi connectivity index (χ3n) is 2.14. The van der Waals surface area contributed by atoms with Gasteiger partial charge in [0.1, 0.15) is 23.0 Å². The molecule has 2 aromatic rings. The smallest absolute Gasteiger partial charge is 0.328 e. The average Bonchev–Trinajstić information content (AvgIpc) is 2.60. The lowest BCUT2D eigenvalue weighted by Crippen LogP contribution is -2.19. The van der Waals surface area contributed by atoms with Crippen molar-refractivity contribution in [1.29, 1.82) is 0 Å². The van der Waals surface area contributed by atoms with Crippen LogP contribution in [0.2, 0.25) is 0 Å². The van der Waals surface area contributed by atoms with Crippen LogP contribution in [0.3, 0.4) is 0 Å². The van der Waals surface area contributed by atoms with Gasteiger partial charge in [-0.2, -0.15) is 0 Å². The summed E-state index contributed by atoms with van der Waals surface area (Å²) in [6.07, 6.45) is 0. The highest BCUT2D eigenvalue weighted by atomic mass is 19.1. The zero-order valence-corrected chi connectivity index (χ0v) is 7.91. The minimum Gasteiger partial charge on any atom is -0.480 e. The van der Waals surface area contributed by atoms with Gasteiger partial charge in [-0.15, -0.1) is 0 Å². The SMILES string of the molecule is NC(C(=O)O)c1cc2c(F)cc(F)cc2o1. The normalized spacial score (nSPS) is 12.9. The summed E-state index contributed by atoms with van der Waals surface area (Å²) in [5.74, 6) is -3.04. The quantitative estimate of drug-likeness (QED) is 0.820. The summed E-state index contributed by atoms with van der Waals surface area (Å²) in [7, 11) is 0. The lowest BCUT2D eigenvalue weighted by Gasteiger charge is -1.99. The summed E-state index contributed by atoms with van der Waals surface area (Å²) in [6, 6.07) is 1.42. The molecule has 1 unspecified atom stereocenters. The van der Waals surface area contributed by atoms with E-state index >= 15 is 0 Å². The molecule has 84 valence electrons. The van der Waals surface area contributed by atoms with Crippen LogP contribution in [-0.4, -0.2) is 11.1 Å². The van der Waals surface area contributed by atoms with Gasteiger partial charge in [-0.25, -0.2) is 8.78 Å². The van der Waals surface area contributed by atoms with Crippen molar-refractivity contribution in [2.24, 2.45) is 5.73 Å². The van der Waals surface area contributed by atoms with E-state index in [0.717, 1.165) is 12.1 Å². The number of carbonyl (C=O) groups is 1. The summed E-state index contributed by atoms with van der Waals surface area (Å²) < 4.78 is 31.0. The number of carboxylic acid groups (broad SMARTS) is 1. The molecule has 0 amide bonds. The fraction of sp³-hybridized carbons (Fsp3) is 0.100. The van der Waals surface area contributed by atoms with Crippen molar-refractivity contribution in [2.75, 3.05) is 0 Å². The zero-order chi connectivity index (χ0) is 11.9. The molecule has 4 nitrogen and oxygen atoms in total. The summed E-state index contributed by atoms with van der Waals surface area (Å²) in [5, 5.41) is 8.64. The lowest BCUT2D eigenvalue weighted by molar-refractivity contribution is -0.139. The number of nitrogens with two attached hydrogens (primary N) is 1. The second kappa shape index (κ2) is 3.57. The highest BCUT2D eigenvalue weighted by molar-refractivity contribution is 5.82. The number of halogens is 2. The van der Waals surface area contributed by atoms with E-state index in [0.29, 0.717) is 6.07 Å². The number of furan rings is 1. The molecule has 1 heterocycles. The van der Waals surface area contributed by atoms with Crippen molar-refractivity contribution in [3.05, 3.63) is 35.6 Å². The molecule has 0 radical (unpaired) electrons. The van der Waals surface area contributed by atoms with E-state index in [9.17, 15) is 13.6 Å². The molecule has 16 heavy (non-hydrogen) atoms. The molecule has 0 aliphatic rings. The second-order valence-electron chi connectivity index (χ2n) is 3.26. The molecule has 0 aliphatic carbocycles. The maximum atomic E-state index is 13.2. The van der Waals surface area contributed by atoms with Crippen LogP contribution in [0.5, 0.6) is 0 Å². The largest absolute Gasteiger partial charge is 0.480 e. The summed E-state index contributed by atoms with van der Waals surface area (Å²) in [6.45, 7) is 0. The molecule has 3 N–H and O–H groups in total. The molecule has 1 aromatic heterocycles. The molecule has 0 bridgehead atoms. The molecule has 1 atom stereocenters. The van der Waals surface area contributed by atoms with Gasteiger partial charge >= 0.3 is 5.97 Å². The Balaban J connectivity index is 2.60. The first-order valence-electron chi connectivity index (χ1n) is 4.36. The predicted molar refractivity (Wildman–Crippen MR) is 50.7 cm³/mol. The summed E-state index contributed by atoms with van der Waals surface area (Å²) in [4.78, 5) is 10.6. The number of benzene rings is 1. The van der Waals surface area contributed by atoms with Crippen molar-refractivity contribution in [3.63, 3.8) is 0 Å². The van der Waals surface area contributed by atoms with Crippen molar-refractivity contribution < 1.29 is 23.1 Å². The number of hydrogen-bond acceptors (Lipinski definition) is 3. The third-order valence-corrected chi connectivity index (χ3v) is 2.14. The van der Waals surface area contributed by atoms with E-state index in [-0.39, 0.29) is 16.7 Å². The first-order chi connectivity index (χ1) is 7.49. The molecular weight excluding hydrogens is 220 g/mol. The van der Waals surface area contributed by atoms with Crippen molar-refractivity contribution in [3.8, 4) is 0 Å². The van der Waals surface area contributed by atoms with Gasteiger partial charge in [0.2, 0.25) is 0 Å². The van der Waals surface area contributed by atoms with Crippen LogP contribution in [0.25, 0.3) is 11.0 Å². The lowest BCUT2D eigenvalue weighted by atomic mass is 10.2. The Kier molecular flexibility index (Phi) is 2.35. The van der Waals surface area contributed by atoms with E-state index in [4.69, 9.17) is 15.3 Å². The van der Waals surface area contributed by atoms with Crippen LogP contribution in [0, 0.1) is 11.6 Å². The Morgan fingerprint density at radius 2 is 2.06 bits per heavy atom. The van der Waals surface area contributed by atoms with Crippen LogP contribution in [0.15, 0.2) is 22.6 Å². The van der Waals surface area contributed by atoms with E-state index in [1.54, 1.807) is 0 Å². The van der Waals surface area contributed by atoms with Gasteiger partial charge < -0.3 is 15.3 Å². The molecule has 1 aromatic carbocycles. The fourth-order valence-electron chi connectivity index (χ4n) is 1.36. The highest BCUT2D eigenvalue weighted by Gasteiger charge is 2.20. The molecular formula is C10H7F2NO3. The van der Waals surface area contributed by atoms with Gasteiger partial charge in [-0.1, -0.05) is 0 Å². The van der Waals surface area contributed by atoms with Gasteiger partial charge in [0.15, 0.2) is 6.04 Å². The van der Waals surface area contributed by atoms with E-state index in [1.807, 2.05) is 0 Å². The number of hydrogen-bond donors (Lipinski definition) is 2. The second-order valence-corrected chi connectivity index (χ2v) is 3.26. The molecule has 0 saturated carbocycles. The van der Waals surface area contributed by atoms with Gasteiger partial charge in [0, 0.05) is 12.1 Å². The maximum Gasteiger partial charge on any atom is 0.328 e. The Morgan fingerprint density at radius 3 is 2.69 bits per heavy atom. The van der Waals surface area contributed by atoms with Crippen LogP contribution in [0.4, 0.5) is 8.78 Å². The topological polar surface area (TPSA) is 76.5 Å². The van der Waals surface area contributed by atoms with Gasteiger partial charge in [0.25, 0.3) is 0 Å². The minimum absolute atomic E-state index is 0.00750. The number of carboxylic acids is 1. The average molecular weight is 227 g/mol. The molecule has 0 fully saturated rings. The minimum atomic E-state index is -1.39. The molecule has 0 spiro atoms. The predicted octanol–water partition coefficient (Wildman–Crippen LogP) is 1.80. The van der Waals surface area contributed by atoms with E-state index in [2.05, 4.69) is 0 Å². The Labute approximate surface area is 88.3 Å². The first kappa shape index (κ1) is 10.6. The Morgan fingerprint density at radius 1 is 1.38 bits per heavy atom. The standard InChI is InChI=1S/C10H7F2NO3/c11-4-1-6(12)5-3-8(9(13)10(14)15)16-7(5)2-4/h1-3,9H,13H2,(H,14,15). The van der Waals surface area contributed by atoms with Gasteiger partial charge in [0.05, 0.1) is 5.39 Å². The van der Waals surface area contributed by atoms with E-state index < -0.39 is 23.6 Å². The molecule has 2 rings (SSSR count). The van der Waals surface area contributed by atoms with Crippen molar-refractivity contribution in [1.82, 2.24) is 0 Å². The van der Waals surface area contributed by atoms with Crippen LogP contribution < -0.4 is 5.73 Å².